The van der Waals surface area contributed by atoms with Gasteiger partial charge in [-0.2, -0.15) is 4.72 Å². The SMILES string of the molecule is O=C(COC(=O)CNS(=O)(=O)c1cccs1)NCCC1=CCCCC1. The Labute approximate surface area is 151 Å². The van der Waals surface area contributed by atoms with Gasteiger partial charge in [-0.15, -0.1) is 11.3 Å². The summed E-state index contributed by atoms with van der Waals surface area (Å²) in [6.45, 7) is -0.424. The van der Waals surface area contributed by atoms with E-state index in [1.165, 1.54) is 24.5 Å². The molecule has 2 N–H and O–H groups in total. The Kier molecular flexibility index (Phi) is 7.60. The fourth-order valence-corrected chi connectivity index (χ4v) is 4.39. The molecule has 7 nitrogen and oxygen atoms in total. The topological polar surface area (TPSA) is 102 Å². The van der Waals surface area contributed by atoms with E-state index >= 15 is 0 Å². The van der Waals surface area contributed by atoms with Gasteiger partial charge in [0.15, 0.2) is 6.61 Å². The van der Waals surface area contributed by atoms with Crippen molar-refractivity contribution >= 4 is 33.2 Å². The van der Waals surface area contributed by atoms with Crippen molar-refractivity contribution < 1.29 is 22.7 Å². The number of hydrogen-bond acceptors (Lipinski definition) is 6. The van der Waals surface area contributed by atoms with Gasteiger partial charge in [-0.3, -0.25) is 9.59 Å². The Morgan fingerprint density at radius 1 is 1.28 bits per heavy atom. The molecule has 1 amide bonds. The van der Waals surface area contributed by atoms with Crippen molar-refractivity contribution in [3.63, 3.8) is 0 Å². The number of carbonyl (C=O) groups is 2. The Balaban J connectivity index is 1.61. The van der Waals surface area contributed by atoms with Gasteiger partial charge in [0.1, 0.15) is 10.8 Å². The van der Waals surface area contributed by atoms with Crippen LogP contribution in [0.25, 0.3) is 0 Å². The predicted molar refractivity (Wildman–Crippen MR) is 94.6 cm³/mol. The number of carbonyl (C=O) groups excluding carboxylic acids is 2. The first kappa shape index (κ1) is 19.6. The van der Waals surface area contributed by atoms with Crippen LogP contribution in [0.5, 0.6) is 0 Å². The normalized spacial score (nSPS) is 14.6. The Morgan fingerprint density at radius 3 is 2.80 bits per heavy atom. The van der Waals surface area contributed by atoms with Gasteiger partial charge in [0, 0.05) is 6.54 Å². The van der Waals surface area contributed by atoms with Crippen LogP contribution in [0, 0.1) is 0 Å². The molecule has 0 atom stereocenters. The van der Waals surface area contributed by atoms with Crippen LogP contribution in [0.2, 0.25) is 0 Å². The summed E-state index contributed by atoms with van der Waals surface area (Å²) >= 11 is 1.05. The third-order valence-electron chi connectivity index (χ3n) is 3.68. The van der Waals surface area contributed by atoms with Crippen LogP contribution in [0.4, 0.5) is 0 Å². The van der Waals surface area contributed by atoms with E-state index in [9.17, 15) is 18.0 Å². The highest BCUT2D eigenvalue weighted by Gasteiger charge is 2.17. The molecule has 0 aromatic carbocycles. The third kappa shape index (κ3) is 6.97. The molecule has 0 saturated heterocycles. The van der Waals surface area contributed by atoms with Gasteiger partial charge in [-0.05, 0) is 43.6 Å². The highest BCUT2D eigenvalue weighted by Crippen LogP contribution is 2.19. The molecule has 0 bridgehead atoms. The lowest BCUT2D eigenvalue weighted by atomic mass is 9.97. The third-order valence-corrected chi connectivity index (χ3v) is 6.48. The van der Waals surface area contributed by atoms with Gasteiger partial charge in [0.05, 0.1) is 0 Å². The number of nitrogens with one attached hydrogen (secondary N) is 2. The second-order valence-corrected chi connectivity index (χ2v) is 8.57. The smallest absolute Gasteiger partial charge is 0.321 e. The highest BCUT2D eigenvalue weighted by atomic mass is 32.2. The Morgan fingerprint density at radius 2 is 2.12 bits per heavy atom. The quantitative estimate of drug-likeness (QED) is 0.496. The number of amides is 1. The maximum atomic E-state index is 11.8. The lowest BCUT2D eigenvalue weighted by Gasteiger charge is -2.13. The number of thiophene rings is 1. The molecule has 0 unspecified atom stereocenters. The molecule has 0 fully saturated rings. The molecule has 0 radical (unpaired) electrons. The molecule has 1 heterocycles. The highest BCUT2D eigenvalue weighted by molar-refractivity contribution is 7.91. The summed E-state index contributed by atoms with van der Waals surface area (Å²) in [4.78, 5) is 23.2. The van der Waals surface area contributed by atoms with Crippen LogP contribution in [-0.4, -0.2) is 40.0 Å². The summed E-state index contributed by atoms with van der Waals surface area (Å²) in [6, 6.07) is 3.04. The molecule has 25 heavy (non-hydrogen) atoms. The van der Waals surface area contributed by atoms with Crippen LogP contribution in [0.3, 0.4) is 0 Å². The first-order chi connectivity index (χ1) is 12.0. The zero-order valence-corrected chi connectivity index (χ0v) is 15.5. The zero-order valence-electron chi connectivity index (χ0n) is 13.8. The van der Waals surface area contributed by atoms with Gasteiger partial charge in [-0.1, -0.05) is 17.7 Å². The van der Waals surface area contributed by atoms with Crippen LogP contribution < -0.4 is 10.0 Å². The maximum absolute atomic E-state index is 11.8. The molecule has 1 aromatic rings. The van der Waals surface area contributed by atoms with E-state index in [0.717, 1.165) is 30.6 Å². The van der Waals surface area contributed by atoms with Gasteiger partial charge < -0.3 is 10.1 Å². The van der Waals surface area contributed by atoms with Crippen molar-refractivity contribution in [2.45, 2.75) is 36.3 Å². The van der Waals surface area contributed by atoms with E-state index in [4.69, 9.17) is 4.74 Å². The molecule has 0 spiro atoms. The Hall–Kier alpha value is -1.71. The summed E-state index contributed by atoms with van der Waals surface area (Å²) in [5.74, 6) is -1.20. The van der Waals surface area contributed by atoms with Crippen molar-refractivity contribution in [3.05, 3.63) is 29.2 Å². The molecule has 0 saturated carbocycles. The first-order valence-electron chi connectivity index (χ1n) is 8.11. The minimum absolute atomic E-state index is 0.120. The van der Waals surface area contributed by atoms with Crippen molar-refractivity contribution in [1.29, 1.82) is 0 Å². The van der Waals surface area contributed by atoms with E-state index in [-0.39, 0.29) is 4.21 Å². The molecule has 0 aliphatic heterocycles. The average Bonchev–Trinajstić information content (AvgIpc) is 3.15. The lowest BCUT2D eigenvalue weighted by Crippen LogP contribution is -2.34. The van der Waals surface area contributed by atoms with E-state index in [1.54, 1.807) is 11.4 Å². The molecule has 1 aliphatic rings. The van der Waals surface area contributed by atoms with Gasteiger partial charge >= 0.3 is 5.97 Å². The van der Waals surface area contributed by atoms with E-state index in [1.807, 2.05) is 0 Å². The summed E-state index contributed by atoms with van der Waals surface area (Å²) in [7, 11) is -3.72. The minimum atomic E-state index is -3.72. The zero-order chi connectivity index (χ0) is 18.1. The fraction of sp³-hybridized carbons (Fsp3) is 0.500. The fourth-order valence-electron chi connectivity index (χ4n) is 2.38. The minimum Gasteiger partial charge on any atom is -0.455 e. The van der Waals surface area contributed by atoms with Gasteiger partial charge in [-0.25, -0.2) is 8.42 Å². The van der Waals surface area contributed by atoms with E-state index in [0.29, 0.717) is 6.54 Å². The first-order valence-corrected chi connectivity index (χ1v) is 10.5. The molecule has 9 heteroatoms. The number of esters is 1. The molecule has 1 aliphatic carbocycles. The molecule has 138 valence electrons. The van der Waals surface area contributed by atoms with Crippen molar-refractivity contribution in [2.75, 3.05) is 19.7 Å². The lowest BCUT2D eigenvalue weighted by molar-refractivity contribution is -0.147. The van der Waals surface area contributed by atoms with Crippen LogP contribution in [0.15, 0.2) is 33.4 Å². The van der Waals surface area contributed by atoms with Crippen molar-refractivity contribution in [1.82, 2.24) is 10.0 Å². The molecular weight excluding hydrogens is 364 g/mol. The van der Waals surface area contributed by atoms with Crippen LogP contribution >= 0.6 is 11.3 Å². The molecule has 2 rings (SSSR count). The number of sulfonamides is 1. The number of hydrogen-bond donors (Lipinski definition) is 2. The van der Waals surface area contributed by atoms with Gasteiger partial charge in [0.25, 0.3) is 15.9 Å². The summed E-state index contributed by atoms with van der Waals surface area (Å²) in [6.07, 6.45) is 7.62. The van der Waals surface area contributed by atoms with Crippen LogP contribution in [0.1, 0.15) is 32.1 Å². The number of rotatable bonds is 9. The van der Waals surface area contributed by atoms with Crippen LogP contribution in [-0.2, 0) is 24.3 Å². The van der Waals surface area contributed by atoms with E-state index in [2.05, 4.69) is 16.1 Å². The molecule has 1 aromatic heterocycles. The number of ether oxygens (including phenoxy) is 1. The maximum Gasteiger partial charge on any atom is 0.321 e. The average molecular weight is 386 g/mol. The Bertz CT molecular complexity index is 711. The largest absolute Gasteiger partial charge is 0.455 e. The van der Waals surface area contributed by atoms with Crippen molar-refractivity contribution in [3.8, 4) is 0 Å². The standard InChI is InChI=1S/C16H22N2O5S2/c19-14(17-9-8-13-5-2-1-3-6-13)12-23-15(20)11-18-25(21,22)16-7-4-10-24-16/h4-5,7,10,18H,1-3,6,8-9,11-12H2,(H,17,19). The predicted octanol–water partition coefficient (Wildman–Crippen LogP) is 1.58. The summed E-state index contributed by atoms with van der Waals surface area (Å²) in [5, 5.41) is 4.31. The van der Waals surface area contributed by atoms with Gasteiger partial charge in [0.2, 0.25) is 0 Å². The summed E-state index contributed by atoms with van der Waals surface area (Å²) in [5.41, 5.74) is 1.35. The second kappa shape index (κ2) is 9.69. The monoisotopic (exact) mass is 386 g/mol. The van der Waals surface area contributed by atoms with Crippen molar-refractivity contribution in [2.24, 2.45) is 0 Å². The summed E-state index contributed by atoms with van der Waals surface area (Å²) < 4.78 is 30.7. The molecular formula is C16H22N2O5S2. The van der Waals surface area contributed by atoms with E-state index < -0.39 is 35.1 Å². The number of allylic oxidation sites excluding steroid dienone is 1. The second-order valence-electron chi connectivity index (χ2n) is 5.63.